The molecule has 0 spiro atoms. The number of rotatable bonds is 5. The van der Waals surface area contributed by atoms with E-state index in [2.05, 4.69) is 0 Å². The lowest BCUT2D eigenvalue weighted by atomic mass is 9.99. The van der Waals surface area contributed by atoms with Crippen LogP contribution in [0.15, 0.2) is 57.7 Å². The van der Waals surface area contributed by atoms with Gasteiger partial charge >= 0.3 is 0 Å². The highest BCUT2D eigenvalue weighted by Gasteiger charge is 2.29. The van der Waals surface area contributed by atoms with Crippen molar-refractivity contribution in [2.45, 2.75) is 17.1 Å². The Bertz CT molecular complexity index is 885. The van der Waals surface area contributed by atoms with Gasteiger partial charge < -0.3 is 4.74 Å². The first-order chi connectivity index (χ1) is 11.9. The van der Waals surface area contributed by atoms with Gasteiger partial charge in [-0.2, -0.15) is 0 Å². The van der Waals surface area contributed by atoms with Crippen molar-refractivity contribution in [1.29, 1.82) is 0 Å². The van der Waals surface area contributed by atoms with Crippen LogP contribution in [0.1, 0.15) is 23.3 Å². The van der Waals surface area contributed by atoms with Gasteiger partial charge in [-0.05, 0) is 53.1 Å². The number of hydrogen-bond donors (Lipinski definition) is 0. The molecule has 0 amide bonds. The third-order valence-corrected chi connectivity index (χ3v) is 8.24. The predicted octanol–water partition coefficient (Wildman–Crippen LogP) is 5.49. The van der Waals surface area contributed by atoms with E-state index in [1.165, 1.54) is 6.26 Å². The molecule has 1 unspecified atom stereocenters. The number of ether oxygens (including phenoxy) is 1. The van der Waals surface area contributed by atoms with Gasteiger partial charge in [-0.1, -0.05) is 47.7 Å². The molecule has 3 rings (SSSR count). The topological polar surface area (TPSA) is 43.4 Å². The molecular weight excluding hydrogens is 392 g/mol. The summed E-state index contributed by atoms with van der Waals surface area (Å²) in [5, 5.41) is 0.0871. The first-order valence-corrected chi connectivity index (χ1v) is 12.2. The zero-order valence-electron chi connectivity index (χ0n) is 13.8. The Morgan fingerprint density at radius 3 is 2.28 bits per heavy atom. The molecule has 1 heterocycles. The summed E-state index contributed by atoms with van der Waals surface area (Å²) in [7, 11) is 0.0926. The van der Waals surface area contributed by atoms with E-state index >= 15 is 0 Å². The second-order valence-electron chi connectivity index (χ2n) is 5.56. The molecule has 2 aromatic rings. The van der Waals surface area contributed by atoms with E-state index in [9.17, 15) is 8.42 Å². The summed E-state index contributed by atoms with van der Waals surface area (Å²) in [6.07, 6.45) is 1.22. The van der Waals surface area contributed by atoms with Gasteiger partial charge in [0.25, 0.3) is 0 Å². The van der Waals surface area contributed by atoms with Crippen molar-refractivity contribution in [3.8, 4) is 5.75 Å². The SMILES string of the molecule is CCOc1ccc(C2=C([S])SSC2c2ccc(S(C)(=O)=O)cc2)cc1. The molecule has 131 valence electrons. The van der Waals surface area contributed by atoms with E-state index in [0.717, 1.165) is 26.7 Å². The number of hydrogen-bond acceptors (Lipinski definition) is 5. The minimum absolute atomic E-state index is 0.0871. The van der Waals surface area contributed by atoms with Crippen LogP contribution in [0.2, 0.25) is 0 Å². The van der Waals surface area contributed by atoms with E-state index in [0.29, 0.717) is 11.5 Å². The molecule has 1 aliphatic rings. The minimum atomic E-state index is -3.19. The lowest BCUT2D eigenvalue weighted by Gasteiger charge is -2.15. The lowest BCUT2D eigenvalue weighted by Crippen LogP contribution is -1.99. The summed E-state index contributed by atoms with van der Waals surface area (Å²) in [5.41, 5.74) is 3.22. The summed E-state index contributed by atoms with van der Waals surface area (Å²) in [6.45, 7) is 2.59. The summed E-state index contributed by atoms with van der Waals surface area (Å²) in [5.74, 6) is 0.838. The van der Waals surface area contributed by atoms with Crippen LogP contribution in [0.4, 0.5) is 0 Å². The predicted molar refractivity (Wildman–Crippen MR) is 110 cm³/mol. The van der Waals surface area contributed by atoms with E-state index in [4.69, 9.17) is 17.4 Å². The smallest absolute Gasteiger partial charge is 0.175 e. The molecule has 0 fully saturated rings. The fraction of sp³-hybridized carbons (Fsp3) is 0.222. The van der Waals surface area contributed by atoms with Gasteiger partial charge in [-0.3, -0.25) is 0 Å². The maximum atomic E-state index is 11.6. The van der Waals surface area contributed by atoms with Gasteiger partial charge in [0, 0.05) is 11.8 Å². The molecule has 0 aromatic heterocycles. The van der Waals surface area contributed by atoms with E-state index < -0.39 is 9.84 Å². The summed E-state index contributed by atoms with van der Waals surface area (Å²) < 4.78 is 29.6. The average Bonchev–Trinajstić information content (AvgIpc) is 2.97. The summed E-state index contributed by atoms with van der Waals surface area (Å²) in [6, 6.07) is 15.0. The molecule has 0 saturated heterocycles. The average molecular weight is 410 g/mol. The van der Waals surface area contributed by atoms with E-state index in [-0.39, 0.29) is 5.25 Å². The zero-order chi connectivity index (χ0) is 18.0. The normalized spacial score (nSPS) is 17.8. The van der Waals surface area contributed by atoms with Gasteiger partial charge in [-0.15, -0.1) is 0 Å². The Balaban J connectivity index is 1.92. The second-order valence-corrected chi connectivity index (χ2v) is 10.6. The first-order valence-electron chi connectivity index (χ1n) is 7.68. The van der Waals surface area contributed by atoms with Crippen LogP contribution in [-0.2, 0) is 9.84 Å². The maximum Gasteiger partial charge on any atom is 0.175 e. The number of sulfone groups is 1. The maximum absolute atomic E-state index is 11.6. The monoisotopic (exact) mass is 409 g/mol. The van der Waals surface area contributed by atoms with Gasteiger partial charge in [0.1, 0.15) is 5.75 Å². The van der Waals surface area contributed by atoms with Gasteiger partial charge in [-0.25, -0.2) is 8.42 Å². The molecular formula is C18H17O3S4. The molecule has 1 aliphatic heterocycles. The first kappa shape index (κ1) is 18.6. The van der Waals surface area contributed by atoms with Crippen LogP contribution < -0.4 is 4.74 Å². The standard InChI is InChI=1S/C18H17O3S4/c1-3-21-14-8-4-12(5-9-14)16-17(23-24-18(16)22)13-6-10-15(11-7-13)25(2,19)20/h4-11,17H,3H2,1-2H3. The molecule has 0 N–H and O–H groups in total. The molecule has 0 bridgehead atoms. The van der Waals surface area contributed by atoms with Gasteiger partial charge in [0.05, 0.1) is 21.0 Å². The second kappa shape index (κ2) is 7.61. The highest BCUT2D eigenvalue weighted by Crippen LogP contribution is 2.59. The van der Waals surface area contributed by atoms with Crippen LogP contribution >= 0.6 is 34.2 Å². The van der Waals surface area contributed by atoms with Crippen molar-refractivity contribution in [3.63, 3.8) is 0 Å². The Kier molecular flexibility index (Phi) is 5.68. The van der Waals surface area contributed by atoms with E-state index in [1.54, 1.807) is 33.7 Å². The Hall–Kier alpha value is -1.15. The largest absolute Gasteiger partial charge is 0.494 e. The van der Waals surface area contributed by atoms with Crippen LogP contribution in [0.3, 0.4) is 0 Å². The lowest BCUT2D eigenvalue weighted by molar-refractivity contribution is 0.340. The molecule has 0 aliphatic carbocycles. The molecule has 2 aromatic carbocycles. The van der Waals surface area contributed by atoms with Crippen LogP contribution in [0.25, 0.3) is 5.57 Å². The van der Waals surface area contributed by atoms with Crippen LogP contribution in [0, 0.1) is 0 Å². The van der Waals surface area contributed by atoms with Crippen molar-refractivity contribution < 1.29 is 13.2 Å². The number of benzene rings is 2. The highest BCUT2D eigenvalue weighted by atomic mass is 33.1. The summed E-state index contributed by atoms with van der Waals surface area (Å²) in [4.78, 5) is 0.331. The van der Waals surface area contributed by atoms with Crippen molar-refractivity contribution in [3.05, 3.63) is 63.9 Å². The molecule has 0 saturated carbocycles. The van der Waals surface area contributed by atoms with Crippen molar-refractivity contribution in [2.75, 3.05) is 12.9 Å². The van der Waals surface area contributed by atoms with Crippen LogP contribution in [0.5, 0.6) is 5.75 Å². The van der Waals surface area contributed by atoms with Crippen LogP contribution in [-0.4, -0.2) is 21.3 Å². The fourth-order valence-electron chi connectivity index (χ4n) is 2.57. The highest BCUT2D eigenvalue weighted by molar-refractivity contribution is 8.80. The third kappa shape index (κ3) is 4.16. The van der Waals surface area contributed by atoms with Crippen molar-refractivity contribution >= 4 is 49.6 Å². The fourth-order valence-corrected chi connectivity index (χ4v) is 6.51. The molecule has 7 heteroatoms. The Labute approximate surface area is 162 Å². The van der Waals surface area contributed by atoms with Gasteiger partial charge in [0.15, 0.2) is 9.84 Å². The Morgan fingerprint density at radius 2 is 1.72 bits per heavy atom. The molecule has 25 heavy (non-hydrogen) atoms. The zero-order valence-corrected chi connectivity index (χ0v) is 17.0. The van der Waals surface area contributed by atoms with E-state index in [1.807, 2.05) is 43.3 Å². The van der Waals surface area contributed by atoms with Gasteiger partial charge in [0.2, 0.25) is 0 Å². The third-order valence-electron chi connectivity index (χ3n) is 3.79. The molecule has 1 radical (unpaired) electrons. The summed E-state index contributed by atoms with van der Waals surface area (Å²) >= 11 is 5.55. The molecule has 3 nitrogen and oxygen atoms in total. The van der Waals surface area contributed by atoms with Crippen molar-refractivity contribution in [2.24, 2.45) is 0 Å². The molecule has 1 atom stereocenters. The minimum Gasteiger partial charge on any atom is -0.494 e. The quantitative estimate of drug-likeness (QED) is 0.611. The Morgan fingerprint density at radius 1 is 1.08 bits per heavy atom. The van der Waals surface area contributed by atoms with Crippen molar-refractivity contribution in [1.82, 2.24) is 0 Å².